The van der Waals surface area contributed by atoms with Crippen LogP contribution < -0.4 is 11.2 Å². The molecule has 1 amide bonds. The van der Waals surface area contributed by atoms with Gasteiger partial charge in [0.1, 0.15) is 0 Å². The van der Waals surface area contributed by atoms with Gasteiger partial charge in [0, 0.05) is 7.05 Å². The topological polar surface area (TPSA) is 58.4 Å². The van der Waals surface area contributed by atoms with Crippen LogP contribution in [0.5, 0.6) is 0 Å². The Hall–Kier alpha value is -1.88. The van der Waals surface area contributed by atoms with E-state index in [2.05, 4.69) is 5.43 Å². The van der Waals surface area contributed by atoms with E-state index in [-0.39, 0.29) is 24.4 Å². The normalized spacial score (nSPS) is 11.9. The van der Waals surface area contributed by atoms with Gasteiger partial charge in [0.25, 0.3) is 5.91 Å². The summed E-state index contributed by atoms with van der Waals surface area (Å²) < 4.78 is 0. The molecule has 2 aromatic rings. The first-order valence-electron chi connectivity index (χ1n) is 6.98. The van der Waals surface area contributed by atoms with Crippen molar-refractivity contribution in [1.29, 1.82) is 0 Å². The number of carbonyl (C=O) groups excluding carboxylic acids is 1. The number of nitrogens with one attached hydrogen (secondary N) is 1. The third-order valence-electron chi connectivity index (χ3n) is 3.32. The number of hydrazine groups is 1. The second-order valence-corrected chi connectivity index (χ2v) is 5.10. The molecular weight excluding hydrogens is 298 g/mol. The van der Waals surface area contributed by atoms with Crippen molar-refractivity contribution in [3.63, 3.8) is 0 Å². The number of hydrogen-bond donors (Lipinski definition) is 2. The van der Waals surface area contributed by atoms with E-state index in [0.717, 1.165) is 11.1 Å². The number of nitrogens with zero attached hydrogens (tertiary/aromatic N) is 1. The summed E-state index contributed by atoms with van der Waals surface area (Å²) in [5.74, 6) is -0.200. The van der Waals surface area contributed by atoms with Gasteiger partial charge in [-0.3, -0.25) is 10.2 Å². The van der Waals surface area contributed by atoms with Crippen LogP contribution in [0.15, 0.2) is 60.7 Å². The summed E-state index contributed by atoms with van der Waals surface area (Å²) >= 11 is 0. The molecule has 0 aliphatic carbocycles. The Morgan fingerprint density at radius 3 is 1.77 bits per heavy atom. The number of carbonyl (C=O) groups is 1. The summed E-state index contributed by atoms with van der Waals surface area (Å²) in [4.78, 5) is 11.8. The number of halogens is 1. The Labute approximate surface area is 137 Å². The SMILES string of the molecule is C[C@H](N)C(=O)NN(C)C(c1ccccc1)c1ccccc1.Cl. The van der Waals surface area contributed by atoms with Crippen molar-refractivity contribution in [1.82, 2.24) is 10.4 Å². The second kappa shape index (κ2) is 8.54. The van der Waals surface area contributed by atoms with Gasteiger partial charge >= 0.3 is 0 Å². The van der Waals surface area contributed by atoms with Crippen molar-refractivity contribution in [3.8, 4) is 0 Å². The third kappa shape index (κ3) is 4.56. The van der Waals surface area contributed by atoms with Gasteiger partial charge in [-0.1, -0.05) is 60.7 Å². The molecule has 0 heterocycles. The highest BCUT2D eigenvalue weighted by Gasteiger charge is 2.21. The molecule has 5 heteroatoms. The Bertz CT molecular complexity index is 535. The van der Waals surface area contributed by atoms with Crippen LogP contribution in [0.1, 0.15) is 24.1 Å². The van der Waals surface area contributed by atoms with Gasteiger partial charge in [0.15, 0.2) is 0 Å². The van der Waals surface area contributed by atoms with E-state index in [1.54, 1.807) is 11.9 Å². The van der Waals surface area contributed by atoms with Crippen molar-refractivity contribution in [2.45, 2.75) is 19.0 Å². The van der Waals surface area contributed by atoms with Crippen molar-refractivity contribution in [2.75, 3.05) is 7.05 Å². The standard InChI is InChI=1S/C17H21N3O.ClH/c1-13(18)17(21)19-20(2)16(14-9-5-3-6-10-14)15-11-7-4-8-12-15;/h3-13,16H,18H2,1-2H3,(H,19,21);1H/t13-;/m0./s1. The minimum atomic E-state index is -0.542. The molecule has 3 N–H and O–H groups in total. The van der Waals surface area contributed by atoms with E-state index < -0.39 is 6.04 Å². The Balaban J connectivity index is 0.00000242. The fourth-order valence-electron chi connectivity index (χ4n) is 2.25. The van der Waals surface area contributed by atoms with Crippen LogP contribution in [-0.2, 0) is 4.79 Å². The largest absolute Gasteiger partial charge is 0.320 e. The summed E-state index contributed by atoms with van der Waals surface area (Å²) in [5.41, 5.74) is 10.7. The molecule has 0 aliphatic heterocycles. The molecule has 0 aromatic heterocycles. The second-order valence-electron chi connectivity index (χ2n) is 5.10. The van der Waals surface area contributed by atoms with Gasteiger partial charge in [-0.15, -0.1) is 12.4 Å². The first-order valence-corrected chi connectivity index (χ1v) is 6.98. The van der Waals surface area contributed by atoms with Gasteiger partial charge in [0.05, 0.1) is 12.1 Å². The maximum Gasteiger partial charge on any atom is 0.250 e. The predicted octanol–water partition coefficient (Wildman–Crippen LogP) is 2.51. The molecule has 0 unspecified atom stereocenters. The first kappa shape index (κ1) is 18.2. The fraction of sp³-hybridized carbons (Fsp3) is 0.235. The molecule has 0 bridgehead atoms. The molecular formula is C17H22ClN3O. The van der Waals surface area contributed by atoms with Crippen LogP contribution in [0, 0.1) is 0 Å². The molecule has 1 atom stereocenters. The average molecular weight is 320 g/mol. The van der Waals surface area contributed by atoms with Gasteiger partial charge in [-0.05, 0) is 18.1 Å². The average Bonchev–Trinajstić information content (AvgIpc) is 2.49. The van der Waals surface area contributed by atoms with Crippen molar-refractivity contribution >= 4 is 18.3 Å². The quantitative estimate of drug-likeness (QED) is 0.833. The molecule has 0 aliphatic rings. The Kier molecular flexibility index (Phi) is 7.05. The highest BCUT2D eigenvalue weighted by atomic mass is 35.5. The molecule has 22 heavy (non-hydrogen) atoms. The fourth-order valence-corrected chi connectivity index (χ4v) is 2.25. The van der Waals surface area contributed by atoms with Gasteiger partial charge in [-0.2, -0.15) is 0 Å². The zero-order chi connectivity index (χ0) is 15.2. The number of hydrogen-bond acceptors (Lipinski definition) is 3. The van der Waals surface area contributed by atoms with E-state index in [1.165, 1.54) is 0 Å². The number of rotatable bonds is 5. The highest BCUT2D eigenvalue weighted by molar-refractivity contribution is 5.85. The monoisotopic (exact) mass is 319 g/mol. The molecule has 0 saturated carbocycles. The van der Waals surface area contributed by atoms with Crippen molar-refractivity contribution < 1.29 is 4.79 Å². The lowest BCUT2D eigenvalue weighted by atomic mass is 9.98. The third-order valence-corrected chi connectivity index (χ3v) is 3.32. The van der Waals surface area contributed by atoms with E-state index in [0.29, 0.717) is 0 Å². The summed E-state index contributed by atoms with van der Waals surface area (Å²) in [7, 11) is 1.85. The Morgan fingerprint density at radius 1 is 1.00 bits per heavy atom. The zero-order valence-corrected chi connectivity index (χ0v) is 13.6. The van der Waals surface area contributed by atoms with Crippen LogP contribution in [0.2, 0.25) is 0 Å². The van der Waals surface area contributed by atoms with E-state index in [9.17, 15) is 4.79 Å². The molecule has 2 aromatic carbocycles. The zero-order valence-electron chi connectivity index (χ0n) is 12.8. The van der Waals surface area contributed by atoms with Crippen molar-refractivity contribution in [2.24, 2.45) is 5.73 Å². The number of nitrogens with two attached hydrogens (primary N) is 1. The maximum absolute atomic E-state index is 11.8. The van der Waals surface area contributed by atoms with Crippen LogP contribution in [0.4, 0.5) is 0 Å². The van der Waals surface area contributed by atoms with Crippen LogP contribution in [-0.4, -0.2) is 24.0 Å². The van der Waals surface area contributed by atoms with Gasteiger partial charge in [0.2, 0.25) is 0 Å². The lowest BCUT2D eigenvalue weighted by Crippen LogP contribution is -2.48. The molecule has 4 nitrogen and oxygen atoms in total. The first-order chi connectivity index (χ1) is 10.1. The summed E-state index contributed by atoms with van der Waals surface area (Å²) in [6, 6.07) is 19.5. The summed E-state index contributed by atoms with van der Waals surface area (Å²) in [6.45, 7) is 1.67. The Morgan fingerprint density at radius 2 is 1.41 bits per heavy atom. The molecule has 0 fully saturated rings. The smallest absolute Gasteiger partial charge is 0.250 e. The van der Waals surface area contributed by atoms with Gasteiger partial charge in [-0.25, -0.2) is 5.01 Å². The molecule has 0 spiro atoms. The lowest BCUT2D eigenvalue weighted by molar-refractivity contribution is -0.126. The minimum absolute atomic E-state index is 0. The van der Waals surface area contributed by atoms with E-state index >= 15 is 0 Å². The van der Waals surface area contributed by atoms with Crippen LogP contribution >= 0.6 is 12.4 Å². The van der Waals surface area contributed by atoms with Crippen LogP contribution in [0.25, 0.3) is 0 Å². The number of benzene rings is 2. The van der Waals surface area contributed by atoms with E-state index in [1.807, 2.05) is 67.7 Å². The summed E-state index contributed by atoms with van der Waals surface area (Å²) in [5, 5.41) is 1.80. The number of amides is 1. The lowest BCUT2D eigenvalue weighted by Gasteiger charge is -2.29. The predicted molar refractivity (Wildman–Crippen MR) is 91.5 cm³/mol. The molecule has 0 saturated heterocycles. The molecule has 2 rings (SSSR count). The molecule has 0 radical (unpaired) electrons. The van der Waals surface area contributed by atoms with E-state index in [4.69, 9.17) is 5.73 Å². The van der Waals surface area contributed by atoms with Crippen LogP contribution in [0.3, 0.4) is 0 Å². The van der Waals surface area contributed by atoms with Crippen molar-refractivity contribution in [3.05, 3.63) is 71.8 Å². The summed E-state index contributed by atoms with van der Waals surface area (Å²) in [6.07, 6.45) is 0. The maximum atomic E-state index is 11.8. The molecule has 118 valence electrons. The van der Waals surface area contributed by atoms with Gasteiger partial charge < -0.3 is 5.73 Å². The minimum Gasteiger partial charge on any atom is -0.320 e. The highest BCUT2D eigenvalue weighted by Crippen LogP contribution is 2.26.